The zero-order valence-electron chi connectivity index (χ0n) is 16.3. The number of esters is 1. The van der Waals surface area contributed by atoms with Crippen molar-refractivity contribution in [2.45, 2.75) is 18.5 Å². The number of rotatable bonds is 7. The molecule has 4 rings (SSSR count). The largest absolute Gasteiger partial charge is 0.468 e. The highest BCUT2D eigenvalue weighted by Gasteiger charge is 2.27. The fourth-order valence-electron chi connectivity index (χ4n) is 3.76. The standard InChI is InChI=1S/C25H24N2O2/c1-29-25(28)24(19-12-6-3-7-13-19)27-23(16-18-10-4-2-5-11-18)21-17-26-22-15-9-8-14-20(21)22/h2-15,17,23-24,26-27H,16H2,1H3. The SMILES string of the molecule is COC(=O)C(NC(Cc1ccccc1)c1c[nH]c2ccccc12)c1ccccc1. The van der Waals surface area contributed by atoms with E-state index in [4.69, 9.17) is 4.74 Å². The fraction of sp³-hybridized carbons (Fsp3) is 0.160. The Balaban J connectivity index is 1.74. The highest BCUT2D eigenvalue weighted by molar-refractivity contribution is 5.84. The molecule has 4 aromatic rings. The van der Waals surface area contributed by atoms with Crippen LogP contribution in [-0.4, -0.2) is 18.1 Å². The zero-order valence-corrected chi connectivity index (χ0v) is 16.3. The van der Waals surface area contributed by atoms with E-state index in [1.807, 2.05) is 66.9 Å². The number of methoxy groups -OCH3 is 1. The van der Waals surface area contributed by atoms with E-state index < -0.39 is 6.04 Å². The van der Waals surface area contributed by atoms with E-state index >= 15 is 0 Å². The van der Waals surface area contributed by atoms with Crippen molar-refractivity contribution in [3.63, 3.8) is 0 Å². The predicted octanol–water partition coefficient (Wildman–Crippen LogP) is 4.96. The number of aromatic nitrogens is 1. The lowest BCUT2D eigenvalue weighted by Gasteiger charge is -2.25. The van der Waals surface area contributed by atoms with Crippen LogP contribution in [0.25, 0.3) is 10.9 Å². The molecule has 29 heavy (non-hydrogen) atoms. The summed E-state index contributed by atoms with van der Waals surface area (Å²) in [4.78, 5) is 16.0. The molecule has 4 nitrogen and oxygen atoms in total. The molecule has 4 heteroatoms. The quantitative estimate of drug-likeness (QED) is 0.443. The number of ether oxygens (including phenoxy) is 1. The van der Waals surface area contributed by atoms with Gasteiger partial charge in [0.2, 0.25) is 0 Å². The first-order valence-corrected chi connectivity index (χ1v) is 9.75. The monoisotopic (exact) mass is 384 g/mol. The van der Waals surface area contributed by atoms with Gasteiger partial charge in [-0.25, -0.2) is 4.79 Å². The van der Waals surface area contributed by atoms with Gasteiger partial charge in [-0.3, -0.25) is 5.32 Å². The van der Waals surface area contributed by atoms with E-state index in [2.05, 4.69) is 34.6 Å². The lowest BCUT2D eigenvalue weighted by molar-refractivity contribution is -0.143. The molecule has 1 heterocycles. The first-order chi connectivity index (χ1) is 14.3. The molecule has 0 saturated carbocycles. The van der Waals surface area contributed by atoms with Crippen molar-refractivity contribution in [2.75, 3.05) is 7.11 Å². The Labute approximate surface area is 170 Å². The van der Waals surface area contributed by atoms with E-state index in [1.165, 1.54) is 12.7 Å². The van der Waals surface area contributed by atoms with Crippen LogP contribution in [0.3, 0.4) is 0 Å². The summed E-state index contributed by atoms with van der Waals surface area (Å²) in [6.45, 7) is 0. The smallest absolute Gasteiger partial charge is 0.327 e. The number of benzene rings is 3. The molecular weight excluding hydrogens is 360 g/mol. The minimum Gasteiger partial charge on any atom is -0.468 e. The van der Waals surface area contributed by atoms with Crippen LogP contribution in [0, 0.1) is 0 Å². The maximum absolute atomic E-state index is 12.6. The third-order valence-electron chi connectivity index (χ3n) is 5.22. The molecular formula is C25H24N2O2. The minimum atomic E-state index is -0.552. The molecule has 0 radical (unpaired) electrons. The van der Waals surface area contributed by atoms with Crippen molar-refractivity contribution in [1.29, 1.82) is 0 Å². The van der Waals surface area contributed by atoms with Crippen molar-refractivity contribution < 1.29 is 9.53 Å². The number of hydrogen-bond donors (Lipinski definition) is 2. The van der Waals surface area contributed by atoms with Crippen LogP contribution < -0.4 is 5.32 Å². The van der Waals surface area contributed by atoms with Gasteiger partial charge in [0.25, 0.3) is 0 Å². The molecule has 2 unspecified atom stereocenters. The highest BCUT2D eigenvalue weighted by Crippen LogP contribution is 2.29. The molecule has 1 aromatic heterocycles. The number of H-pyrrole nitrogens is 1. The Bertz CT molecular complexity index is 1070. The number of carbonyl (C=O) groups excluding carboxylic acids is 1. The summed E-state index contributed by atoms with van der Waals surface area (Å²) in [5.74, 6) is -0.297. The van der Waals surface area contributed by atoms with Crippen LogP contribution in [0.15, 0.2) is 91.1 Å². The van der Waals surface area contributed by atoms with E-state index in [-0.39, 0.29) is 12.0 Å². The summed E-state index contributed by atoms with van der Waals surface area (Å²) in [5, 5.41) is 4.72. The van der Waals surface area contributed by atoms with Gasteiger partial charge in [-0.05, 0) is 29.2 Å². The van der Waals surface area contributed by atoms with E-state index in [0.29, 0.717) is 0 Å². The van der Waals surface area contributed by atoms with Gasteiger partial charge in [-0.2, -0.15) is 0 Å². The number of aromatic amines is 1. The Morgan fingerprint density at radius 1 is 0.931 bits per heavy atom. The molecule has 0 spiro atoms. The zero-order chi connectivity index (χ0) is 20.1. The minimum absolute atomic E-state index is 0.0714. The van der Waals surface area contributed by atoms with Gasteiger partial charge in [-0.1, -0.05) is 78.9 Å². The molecule has 146 valence electrons. The molecule has 0 aliphatic carbocycles. The molecule has 3 aromatic carbocycles. The molecule has 0 bridgehead atoms. The molecule has 0 saturated heterocycles. The molecule has 2 N–H and O–H groups in total. The average Bonchev–Trinajstić information content (AvgIpc) is 3.21. The van der Waals surface area contributed by atoms with Gasteiger partial charge in [0, 0.05) is 23.1 Å². The number of carbonyl (C=O) groups is 1. The topological polar surface area (TPSA) is 54.1 Å². The normalized spacial score (nSPS) is 13.1. The number of hydrogen-bond acceptors (Lipinski definition) is 3. The maximum atomic E-state index is 12.6. The molecule has 0 aliphatic rings. The highest BCUT2D eigenvalue weighted by atomic mass is 16.5. The van der Waals surface area contributed by atoms with Crippen LogP contribution in [-0.2, 0) is 16.0 Å². The third-order valence-corrected chi connectivity index (χ3v) is 5.22. The number of nitrogens with one attached hydrogen (secondary N) is 2. The Morgan fingerprint density at radius 3 is 2.31 bits per heavy atom. The first-order valence-electron chi connectivity index (χ1n) is 9.75. The van der Waals surface area contributed by atoms with Crippen molar-refractivity contribution in [3.8, 4) is 0 Å². The van der Waals surface area contributed by atoms with Gasteiger partial charge in [0.15, 0.2) is 0 Å². The van der Waals surface area contributed by atoms with Gasteiger partial charge < -0.3 is 9.72 Å². The van der Waals surface area contributed by atoms with E-state index in [9.17, 15) is 4.79 Å². The Hall–Kier alpha value is -3.37. The summed E-state index contributed by atoms with van der Waals surface area (Å²) >= 11 is 0. The van der Waals surface area contributed by atoms with Gasteiger partial charge in [0.05, 0.1) is 7.11 Å². The number of para-hydroxylation sites is 1. The second kappa shape index (κ2) is 8.76. The summed E-state index contributed by atoms with van der Waals surface area (Å²) in [5.41, 5.74) is 4.30. The van der Waals surface area contributed by atoms with Crippen molar-refractivity contribution in [1.82, 2.24) is 10.3 Å². The van der Waals surface area contributed by atoms with Crippen LogP contribution in [0.2, 0.25) is 0 Å². The van der Waals surface area contributed by atoms with E-state index in [1.54, 1.807) is 0 Å². The Kier molecular flexibility index (Phi) is 5.73. The molecule has 0 amide bonds. The van der Waals surface area contributed by atoms with Crippen molar-refractivity contribution >= 4 is 16.9 Å². The van der Waals surface area contributed by atoms with Crippen LogP contribution >= 0.6 is 0 Å². The second-order valence-electron chi connectivity index (χ2n) is 7.07. The van der Waals surface area contributed by atoms with Gasteiger partial charge in [-0.15, -0.1) is 0 Å². The molecule has 0 fully saturated rings. The number of fused-ring (bicyclic) bond motifs is 1. The predicted molar refractivity (Wildman–Crippen MR) is 116 cm³/mol. The van der Waals surface area contributed by atoms with Crippen molar-refractivity contribution in [2.24, 2.45) is 0 Å². The van der Waals surface area contributed by atoms with Crippen LogP contribution in [0.4, 0.5) is 0 Å². The van der Waals surface area contributed by atoms with E-state index in [0.717, 1.165) is 28.5 Å². The van der Waals surface area contributed by atoms with Gasteiger partial charge in [0.1, 0.15) is 6.04 Å². The summed E-state index contributed by atoms with van der Waals surface area (Å²) < 4.78 is 5.11. The van der Waals surface area contributed by atoms with Gasteiger partial charge >= 0.3 is 5.97 Å². The first kappa shape index (κ1) is 19.0. The lowest BCUT2D eigenvalue weighted by Crippen LogP contribution is -2.34. The van der Waals surface area contributed by atoms with Crippen LogP contribution in [0.1, 0.15) is 28.8 Å². The summed E-state index contributed by atoms with van der Waals surface area (Å²) in [6.07, 6.45) is 2.79. The second-order valence-corrected chi connectivity index (χ2v) is 7.07. The average molecular weight is 384 g/mol. The van der Waals surface area contributed by atoms with Crippen LogP contribution in [0.5, 0.6) is 0 Å². The Morgan fingerprint density at radius 2 is 1.59 bits per heavy atom. The lowest BCUT2D eigenvalue weighted by atomic mass is 9.96. The fourth-order valence-corrected chi connectivity index (χ4v) is 3.76. The molecule has 2 atom stereocenters. The summed E-state index contributed by atoms with van der Waals surface area (Å²) in [7, 11) is 1.43. The van der Waals surface area contributed by atoms with Crippen molar-refractivity contribution in [3.05, 3.63) is 108 Å². The molecule has 0 aliphatic heterocycles. The summed E-state index contributed by atoms with van der Waals surface area (Å²) in [6, 6.07) is 27.6. The maximum Gasteiger partial charge on any atom is 0.327 e. The third kappa shape index (κ3) is 4.23.